The van der Waals surface area contributed by atoms with Gasteiger partial charge in [0.1, 0.15) is 5.75 Å². The van der Waals surface area contributed by atoms with E-state index in [1.807, 2.05) is 0 Å². The largest absolute Gasteiger partial charge is 0.507 e. The summed E-state index contributed by atoms with van der Waals surface area (Å²) in [6.07, 6.45) is 1.51. The summed E-state index contributed by atoms with van der Waals surface area (Å²) >= 11 is 3.14. The van der Waals surface area contributed by atoms with Crippen molar-refractivity contribution in [2.75, 3.05) is 5.32 Å². The predicted octanol–water partition coefficient (Wildman–Crippen LogP) is 2.20. The van der Waals surface area contributed by atoms with Crippen LogP contribution < -0.4 is 5.32 Å². The lowest BCUT2D eigenvalue weighted by molar-refractivity contribution is 0.102. The summed E-state index contributed by atoms with van der Waals surface area (Å²) in [5, 5.41) is 19.4. The van der Waals surface area contributed by atoms with E-state index in [1.165, 1.54) is 12.3 Å². The summed E-state index contributed by atoms with van der Waals surface area (Å²) in [4.78, 5) is 11.8. The Balaban J connectivity index is 2.18. The molecule has 0 aliphatic carbocycles. The number of hydrogen-bond acceptors (Lipinski definition) is 4. The second-order valence-corrected chi connectivity index (χ2v) is 4.08. The number of anilines is 1. The van der Waals surface area contributed by atoms with Gasteiger partial charge in [0.15, 0.2) is 5.82 Å². The maximum Gasteiger partial charge on any atom is 0.256 e. The minimum atomic E-state index is -0.353. The molecule has 0 fully saturated rings. The number of phenolic OH excluding ortho intramolecular Hbond substituents is 1. The Labute approximate surface area is 106 Å². The van der Waals surface area contributed by atoms with Crippen molar-refractivity contribution >= 4 is 27.7 Å². The van der Waals surface area contributed by atoms with Gasteiger partial charge in [0.2, 0.25) is 0 Å². The fourth-order valence-corrected chi connectivity index (χ4v) is 1.46. The maximum atomic E-state index is 11.8. The topological polar surface area (TPSA) is 75.1 Å². The van der Waals surface area contributed by atoms with Crippen molar-refractivity contribution < 1.29 is 9.90 Å². The van der Waals surface area contributed by atoms with Crippen LogP contribution in [0.15, 0.2) is 41.0 Å². The number of carbonyl (C=O) groups is 1. The van der Waals surface area contributed by atoms with Crippen LogP contribution in [0, 0.1) is 0 Å². The van der Waals surface area contributed by atoms with Gasteiger partial charge in [-0.25, -0.2) is 0 Å². The molecule has 0 saturated carbocycles. The first-order valence-corrected chi connectivity index (χ1v) is 5.53. The van der Waals surface area contributed by atoms with Gasteiger partial charge in [-0.05, 0) is 46.3 Å². The third kappa shape index (κ3) is 2.79. The SMILES string of the molecule is O=C(Nc1cccnn1)c1ccc(Br)c(O)c1. The molecular formula is C11H8BrN3O2. The van der Waals surface area contributed by atoms with E-state index < -0.39 is 0 Å². The molecule has 0 aliphatic rings. The monoisotopic (exact) mass is 293 g/mol. The van der Waals surface area contributed by atoms with Crippen LogP contribution in [-0.2, 0) is 0 Å². The molecule has 0 saturated heterocycles. The van der Waals surface area contributed by atoms with E-state index >= 15 is 0 Å². The molecule has 86 valence electrons. The molecule has 17 heavy (non-hydrogen) atoms. The number of nitrogens with zero attached hydrogens (tertiary/aromatic N) is 2. The van der Waals surface area contributed by atoms with E-state index in [2.05, 4.69) is 31.4 Å². The van der Waals surface area contributed by atoms with Crippen LogP contribution in [0.2, 0.25) is 0 Å². The lowest BCUT2D eigenvalue weighted by Crippen LogP contribution is -2.13. The van der Waals surface area contributed by atoms with Gasteiger partial charge >= 0.3 is 0 Å². The van der Waals surface area contributed by atoms with Gasteiger partial charge in [-0.15, -0.1) is 5.10 Å². The summed E-state index contributed by atoms with van der Waals surface area (Å²) < 4.78 is 0.536. The molecule has 6 heteroatoms. The number of amides is 1. The van der Waals surface area contributed by atoms with E-state index in [-0.39, 0.29) is 11.7 Å². The molecule has 2 rings (SSSR count). The van der Waals surface area contributed by atoms with E-state index in [9.17, 15) is 9.90 Å². The number of aromatic hydroxyl groups is 1. The molecule has 1 aromatic carbocycles. The molecule has 0 aliphatic heterocycles. The predicted molar refractivity (Wildman–Crippen MR) is 65.8 cm³/mol. The lowest BCUT2D eigenvalue weighted by Gasteiger charge is -2.04. The third-order valence-corrected chi connectivity index (χ3v) is 2.69. The zero-order valence-electron chi connectivity index (χ0n) is 8.59. The second kappa shape index (κ2) is 4.92. The van der Waals surface area contributed by atoms with Crippen LogP contribution in [-0.4, -0.2) is 21.2 Å². The van der Waals surface area contributed by atoms with Crippen LogP contribution in [0.25, 0.3) is 0 Å². The molecule has 2 aromatic rings. The molecule has 5 nitrogen and oxygen atoms in total. The highest BCUT2D eigenvalue weighted by Gasteiger charge is 2.08. The molecule has 1 amide bonds. The van der Waals surface area contributed by atoms with Crippen molar-refractivity contribution in [2.24, 2.45) is 0 Å². The first-order valence-electron chi connectivity index (χ1n) is 4.74. The van der Waals surface area contributed by atoms with Gasteiger partial charge in [0.25, 0.3) is 5.91 Å². The standard InChI is InChI=1S/C11H8BrN3O2/c12-8-4-3-7(6-9(8)16)11(17)14-10-2-1-5-13-15-10/h1-6,16H,(H,14,15,17). The minimum Gasteiger partial charge on any atom is -0.507 e. The fraction of sp³-hybridized carbons (Fsp3) is 0. The third-order valence-electron chi connectivity index (χ3n) is 2.02. The molecule has 0 unspecified atom stereocenters. The van der Waals surface area contributed by atoms with Crippen molar-refractivity contribution in [3.63, 3.8) is 0 Å². The summed E-state index contributed by atoms with van der Waals surface area (Å²) in [6, 6.07) is 7.86. The van der Waals surface area contributed by atoms with Crippen molar-refractivity contribution in [1.29, 1.82) is 0 Å². The number of aromatic nitrogens is 2. The molecule has 2 N–H and O–H groups in total. The van der Waals surface area contributed by atoms with Crippen molar-refractivity contribution in [3.05, 3.63) is 46.6 Å². The lowest BCUT2D eigenvalue weighted by atomic mass is 10.2. The van der Waals surface area contributed by atoms with Crippen molar-refractivity contribution in [2.45, 2.75) is 0 Å². The highest BCUT2D eigenvalue weighted by molar-refractivity contribution is 9.10. The quantitative estimate of drug-likeness (QED) is 0.890. The molecule has 0 bridgehead atoms. The highest BCUT2D eigenvalue weighted by Crippen LogP contribution is 2.24. The molecular weight excluding hydrogens is 286 g/mol. The summed E-state index contributed by atoms with van der Waals surface area (Å²) in [5.41, 5.74) is 0.344. The van der Waals surface area contributed by atoms with Gasteiger partial charge in [-0.2, -0.15) is 5.10 Å². The number of hydrogen-bond donors (Lipinski definition) is 2. The van der Waals surface area contributed by atoms with Crippen LogP contribution >= 0.6 is 15.9 Å². The number of carbonyl (C=O) groups excluding carboxylic acids is 1. The van der Waals surface area contributed by atoms with Crippen LogP contribution in [0.3, 0.4) is 0 Å². The van der Waals surface area contributed by atoms with Gasteiger partial charge in [0.05, 0.1) is 4.47 Å². The van der Waals surface area contributed by atoms with E-state index in [0.29, 0.717) is 15.9 Å². The van der Waals surface area contributed by atoms with Gasteiger partial charge in [-0.3, -0.25) is 4.79 Å². The summed E-state index contributed by atoms with van der Waals surface area (Å²) in [5.74, 6) is 0.0185. The van der Waals surface area contributed by atoms with Crippen LogP contribution in [0.1, 0.15) is 10.4 Å². The van der Waals surface area contributed by atoms with Crippen molar-refractivity contribution in [1.82, 2.24) is 10.2 Å². The number of benzene rings is 1. The Morgan fingerprint density at radius 1 is 1.35 bits per heavy atom. The van der Waals surface area contributed by atoms with E-state index in [1.54, 1.807) is 24.3 Å². The smallest absolute Gasteiger partial charge is 0.256 e. The first kappa shape index (κ1) is 11.5. The summed E-state index contributed by atoms with van der Waals surface area (Å²) in [7, 11) is 0. The van der Waals surface area contributed by atoms with Gasteiger partial charge in [-0.1, -0.05) is 0 Å². The van der Waals surface area contributed by atoms with Gasteiger partial charge < -0.3 is 10.4 Å². The summed E-state index contributed by atoms with van der Waals surface area (Å²) in [6.45, 7) is 0. The Kier molecular flexibility index (Phi) is 3.34. The number of halogens is 1. The van der Waals surface area contributed by atoms with E-state index in [4.69, 9.17) is 0 Å². The van der Waals surface area contributed by atoms with Crippen LogP contribution in [0.5, 0.6) is 5.75 Å². The second-order valence-electron chi connectivity index (χ2n) is 3.23. The number of nitrogens with one attached hydrogen (secondary N) is 1. The first-order chi connectivity index (χ1) is 8.16. The van der Waals surface area contributed by atoms with Crippen LogP contribution in [0.4, 0.5) is 5.82 Å². The average Bonchev–Trinajstić information content (AvgIpc) is 2.34. The van der Waals surface area contributed by atoms with Crippen molar-refractivity contribution in [3.8, 4) is 5.75 Å². The Bertz CT molecular complexity index is 546. The minimum absolute atomic E-state index is 0.0109. The molecule has 0 radical (unpaired) electrons. The maximum absolute atomic E-state index is 11.8. The van der Waals surface area contributed by atoms with E-state index in [0.717, 1.165) is 0 Å². The Morgan fingerprint density at radius 3 is 2.82 bits per heavy atom. The molecule has 1 aromatic heterocycles. The highest BCUT2D eigenvalue weighted by atomic mass is 79.9. The molecule has 0 spiro atoms. The van der Waals surface area contributed by atoms with Gasteiger partial charge in [0, 0.05) is 11.8 Å². The molecule has 1 heterocycles. The fourth-order valence-electron chi connectivity index (χ4n) is 1.21. The Morgan fingerprint density at radius 2 is 2.18 bits per heavy atom. The number of rotatable bonds is 2. The average molecular weight is 294 g/mol. The Hall–Kier alpha value is -1.95. The molecule has 0 atom stereocenters. The normalized spacial score (nSPS) is 9.94. The zero-order chi connectivity index (χ0) is 12.3. The zero-order valence-corrected chi connectivity index (χ0v) is 10.2. The number of phenols is 1.